The first kappa shape index (κ1) is 45.8. The summed E-state index contributed by atoms with van der Waals surface area (Å²) in [7, 11) is 0. The number of hydrogen-bond acceptors (Lipinski definition) is 2. The van der Waals surface area contributed by atoms with Gasteiger partial charge in [0.15, 0.2) is 0 Å². The normalized spacial score (nSPS) is 15.7. The van der Waals surface area contributed by atoms with Gasteiger partial charge in [-0.2, -0.15) is 0 Å². The molecular formula is C47H87O2. The zero-order valence-electron chi connectivity index (χ0n) is 34.9. The Kier molecular flexibility index (Phi) is 26.6. The molecule has 49 heavy (non-hydrogen) atoms. The topological polar surface area (TPSA) is 18.5 Å². The number of rotatable bonds is 32. The molecule has 287 valence electrons. The molecule has 0 fully saturated rings. The van der Waals surface area contributed by atoms with E-state index in [9.17, 15) is 0 Å². The lowest BCUT2D eigenvalue weighted by Crippen LogP contribution is -2.07. The van der Waals surface area contributed by atoms with Crippen molar-refractivity contribution >= 4 is 0 Å². The fraction of sp³-hybridized carbons (Fsp3) is 0.851. The summed E-state index contributed by atoms with van der Waals surface area (Å²) in [5, 5.41) is 0. The number of hydrogen-bond donors (Lipinski definition) is 0. The van der Waals surface area contributed by atoms with Crippen molar-refractivity contribution in [3.05, 3.63) is 30.7 Å². The fourth-order valence-electron chi connectivity index (χ4n) is 7.43. The van der Waals surface area contributed by atoms with Crippen molar-refractivity contribution in [3.8, 4) is 11.5 Å². The molecule has 1 rings (SSSR count). The van der Waals surface area contributed by atoms with Gasteiger partial charge in [-0.1, -0.05) is 185 Å². The van der Waals surface area contributed by atoms with Crippen LogP contribution in [0.4, 0.5) is 0 Å². The third-order valence-corrected chi connectivity index (χ3v) is 11.2. The van der Waals surface area contributed by atoms with E-state index in [0.717, 1.165) is 78.6 Å². The van der Waals surface area contributed by atoms with Crippen molar-refractivity contribution in [2.75, 3.05) is 13.2 Å². The molecule has 0 spiro atoms. The Morgan fingerprint density at radius 2 is 0.612 bits per heavy atom. The maximum Gasteiger partial charge on any atom is 0.123 e. The van der Waals surface area contributed by atoms with E-state index in [1.54, 1.807) is 0 Å². The Labute approximate surface area is 309 Å². The summed E-state index contributed by atoms with van der Waals surface area (Å²) < 4.78 is 12.4. The Morgan fingerprint density at radius 1 is 0.367 bits per heavy atom. The predicted molar refractivity (Wildman–Crippen MR) is 219 cm³/mol. The van der Waals surface area contributed by atoms with Gasteiger partial charge in [-0.25, -0.2) is 0 Å². The fourth-order valence-corrected chi connectivity index (χ4v) is 7.43. The monoisotopic (exact) mass is 684 g/mol. The largest absolute Gasteiger partial charge is 0.493 e. The van der Waals surface area contributed by atoms with Crippen LogP contribution in [0.1, 0.15) is 203 Å². The maximum atomic E-state index is 6.19. The van der Waals surface area contributed by atoms with Crippen LogP contribution in [0.25, 0.3) is 0 Å². The predicted octanol–water partition coefficient (Wildman–Crippen LogP) is 15.6. The highest BCUT2D eigenvalue weighted by atomic mass is 16.5. The van der Waals surface area contributed by atoms with Gasteiger partial charge in [0.05, 0.1) is 13.2 Å². The molecule has 0 saturated carbocycles. The Hall–Kier alpha value is -1.18. The van der Waals surface area contributed by atoms with E-state index in [-0.39, 0.29) is 0 Å². The summed E-state index contributed by atoms with van der Waals surface area (Å²) >= 11 is 0. The lowest BCUT2D eigenvalue weighted by Gasteiger charge is -2.17. The molecule has 2 unspecified atom stereocenters. The van der Waals surface area contributed by atoms with Crippen LogP contribution in [0.3, 0.4) is 0 Å². The van der Waals surface area contributed by atoms with Crippen molar-refractivity contribution < 1.29 is 9.47 Å². The lowest BCUT2D eigenvalue weighted by atomic mass is 9.91. The summed E-state index contributed by atoms with van der Waals surface area (Å²) in [5.74, 6) is 8.40. The first-order valence-corrected chi connectivity index (χ1v) is 21.6. The van der Waals surface area contributed by atoms with Crippen molar-refractivity contribution in [1.82, 2.24) is 0 Å². The van der Waals surface area contributed by atoms with Crippen LogP contribution in [0.15, 0.2) is 18.2 Å². The van der Waals surface area contributed by atoms with E-state index in [2.05, 4.69) is 82.2 Å². The smallest absolute Gasteiger partial charge is 0.123 e. The third kappa shape index (κ3) is 27.2. The van der Waals surface area contributed by atoms with Crippen molar-refractivity contribution in [1.29, 1.82) is 0 Å². The molecule has 0 N–H and O–H groups in total. The number of ether oxygens (including phenoxy) is 2. The van der Waals surface area contributed by atoms with Crippen molar-refractivity contribution in [2.24, 2.45) is 47.3 Å². The minimum atomic E-state index is 0.699. The van der Waals surface area contributed by atoms with Crippen LogP contribution in [0, 0.1) is 54.3 Å². The SMILES string of the molecule is [CH2]c1cc(OCCC(C)CCC[C@H](C)CCC[C@H](C)CCCC(C)C)cc(OCCC(C)CCC[C@H](C)CCC[C@H](C)CCCC(C)C)c1. The standard InChI is InChI=1S/C47H87O2/c1-37(2)18-12-20-39(5)22-14-24-41(7)26-16-28-43(9)30-32-48-46-34-45(11)35-47(36-46)49-33-31-44(10)29-17-27-42(8)25-15-23-40(6)21-13-19-38(3)4/h34-44H,11-33H2,1-10H3/t39-,40-,41-,42-,43?,44?/m1/s1. The molecule has 0 aromatic heterocycles. The molecule has 0 amide bonds. The Morgan fingerprint density at radius 3 is 0.878 bits per heavy atom. The van der Waals surface area contributed by atoms with E-state index >= 15 is 0 Å². The molecule has 6 atom stereocenters. The highest BCUT2D eigenvalue weighted by Gasteiger charge is 2.11. The molecule has 1 aromatic rings. The zero-order valence-corrected chi connectivity index (χ0v) is 34.9. The van der Waals surface area contributed by atoms with Gasteiger partial charge >= 0.3 is 0 Å². The Balaban J connectivity index is 2.16. The molecule has 0 heterocycles. The van der Waals surface area contributed by atoms with Crippen molar-refractivity contribution in [3.63, 3.8) is 0 Å². The van der Waals surface area contributed by atoms with Gasteiger partial charge in [0.2, 0.25) is 0 Å². The average molecular weight is 684 g/mol. The van der Waals surface area contributed by atoms with Gasteiger partial charge in [0, 0.05) is 6.07 Å². The summed E-state index contributed by atoms with van der Waals surface area (Å²) in [6.07, 6.45) is 27.1. The average Bonchev–Trinajstić information content (AvgIpc) is 3.00. The van der Waals surface area contributed by atoms with Crippen LogP contribution in [0.5, 0.6) is 11.5 Å². The molecule has 2 heteroatoms. The van der Waals surface area contributed by atoms with Crippen LogP contribution in [-0.4, -0.2) is 13.2 Å². The zero-order chi connectivity index (χ0) is 36.4. The van der Waals surface area contributed by atoms with Gasteiger partial charge in [0.25, 0.3) is 0 Å². The van der Waals surface area contributed by atoms with E-state index in [1.807, 2.05) is 12.1 Å². The molecule has 0 aliphatic rings. The number of benzene rings is 1. The van der Waals surface area contributed by atoms with Gasteiger partial charge in [-0.3, -0.25) is 0 Å². The summed E-state index contributed by atoms with van der Waals surface area (Å²) in [6, 6.07) is 6.15. The van der Waals surface area contributed by atoms with Gasteiger partial charge in [-0.05, 0) is 84.8 Å². The first-order valence-electron chi connectivity index (χ1n) is 21.6. The van der Waals surface area contributed by atoms with Crippen LogP contribution in [0.2, 0.25) is 0 Å². The molecular weight excluding hydrogens is 597 g/mol. The second kappa shape index (κ2) is 28.4. The van der Waals surface area contributed by atoms with E-state index in [0.29, 0.717) is 11.8 Å². The minimum absolute atomic E-state index is 0.699. The maximum absolute atomic E-state index is 6.19. The summed E-state index contributed by atoms with van der Waals surface area (Å²) in [5.41, 5.74) is 0.964. The van der Waals surface area contributed by atoms with Crippen LogP contribution in [-0.2, 0) is 0 Å². The quantitative estimate of drug-likeness (QED) is 0.0752. The highest BCUT2D eigenvalue weighted by molar-refractivity contribution is 5.39. The lowest BCUT2D eigenvalue weighted by molar-refractivity contribution is 0.263. The Bertz CT molecular complexity index is 822. The molecule has 1 aromatic carbocycles. The second-order valence-electron chi connectivity index (χ2n) is 18.1. The van der Waals surface area contributed by atoms with Crippen LogP contribution < -0.4 is 9.47 Å². The van der Waals surface area contributed by atoms with Crippen molar-refractivity contribution in [2.45, 2.75) is 198 Å². The molecule has 0 aliphatic carbocycles. The minimum Gasteiger partial charge on any atom is -0.493 e. The molecule has 0 saturated heterocycles. The van der Waals surface area contributed by atoms with Gasteiger partial charge in [-0.15, -0.1) is 0 Å². The molecule has 2 nitrogen and oxygen atoms in total. The van der Waals surface area contributed by atoms with Gasteiger partial charge < -0.3 is 9.47 Å². The highest BCUT2D eigenvalue weighted by Crippen LogP contribution is 2.27. The third-order valence-electron chi connectivity index (χ3n) is 11.2. The second-order valence-corrected chi connectivity index (χ2v) is 18.1. The molecule has 0 bridgehead atoms. The summed E-state index contributed by atoms with van der Waals surface area (Å²) in [6.45, 7) is 29.7. The van der Waals surface area contributed by atoms with E-state index < -0.39 is 0 Å². The van der Waals surface area contributed by atoms with E-state index in [1.165, 1.54) is 116 Å². The molecule has 0 aliphatic heterocycles. The van der Waals surface area contributed by atoms with E-state index in [4.69, 9.17) is 9.47 Å². The first-order chi connectivity index (χ1) is 23.3. The summed E-state index contributed by atoms with van der Waals surface area (Å²) in [4.78, 5) is 0. The molecule has 1 radical (unpaired) electrons. The van der Waals surface area contributed by atoms with Gasteiger partial charge in [0.1, 0.15) is 11.5 Å². The van der Waals surface area contributed by atoms with Crippen LogP contribution >= 0.6 is 0 Å².